The molecule has 6 heteroatoms. The average molecular weight is 372 g/mol. The molecule has 0 bridgehead atoms. The van der Waals surface area contributed by atoms with Gasteiger partial charge in [-0.15, -0.1) is 11.8 Å². The Hall–Kier alpha value is -1.92. The number of carbonyl (C=O) groups is 1. The summed E-state index contributed by atoms with van der Waals surface area (Å²) in [5, 5.41) is 0. The van der Waals surface area contributed by atoms with Gasteiger partial charge >= 0.3 is 0 Å². The van der Waals surface area contributed by atoms with Crippen molar-refractivity contribution in [1.82, 2.24) is 9.88 Å². The van der Waals surface area contributed by atoms with E-state index in [1.54, 1.807) is 18.3 Å². The predicted molar refractivity (Wildman–Crippen MR) is 99.3 cm³/mol. The number of hydrogen-bond donors (Lipinski definition) is 0. The Morgan fingerprint density at radius 2 is 2.15 bits per heavy atom. The third-order valence-corrected chi connectivity index (χ3v) is 6.51. The van der Waals surface area contributed by atoms with Crippen LogP contribution in [0.2, 0.25) is 0 Å². The lowest BCUT2D eigenvalue weighted by atomic mass is 9.92. The molecule has 4 rings (SSSR count). The number of aromatic nitrogens is 1. The van der Waals surface area contributed by atoms with E-state index in [0.29, 0.717) is 6.61 Å². The van der Waals surface area contributed by atoms with Crippen molar-refractivity contribution in [2.75, 3.05) is 18.8 Å². The van der Waals surface area contributed by atoms with Crippen LogP contribution in [0.15, 0.2) is 48.8 Å². The number of nitrogens with zero attached hydrogens (tertiary/aromatic N) is 2. The van der Waals surface area contributed by atoms with Gasteiger partial charge in [0.15, 0.2) is 0 Å². The molecule has 2 fully saturated rings. The molecule has 1 aromatic carbocycles. The lowest BCUT2D eigenvalue weighted by Gasteiger charge is -2.47. The number of amides is 1. The van der Waals surface area contributed by atoms with E-state index in [1.807, 2.05) is 35.0 Å². The van der Waals surface area contributed by atoms with Crippen LogP contribution in [0.25, 0.3) is 0 Å². The van der Waals surface area contributed by atoms with Crippen LogP contribution in [0.5, 0.6) is 0 Å². The highest BCUT2D eigenvalue weighted by molar-refractivity contribution is 8.01. The lowest BCUT2D eigenvalue weighted by Crippen LogP contribution is -2.61. The predicted octanol–water partition coefficient (Wildman–Crippen LogP) is 3.07. The highest BCUT2D eigenvalue weighted by Crippen LogP contribution is 2.46. The maximum absolute atomic E-state index is 13.2. The molecule has 0 aliphatic carbocycles. The molecule has 0 N–H and O–H groups in total. The first-order valence-corrected chi connectivity index (χ1v) is 9.77. The number of halogens is 1. The second kappa shape index (κ2) is 7.37. The molecule has 1 amide bonds. The Bertz CT molecular complexity index is 780. The fraction of sp³-hybridized carbons (Fsp3) is 0.400. The molecule has 2 aromatic rings. The van der Waals surface area contributed by atoms with Crippen LogP contribution in [-0.4, -0.2) is 45.5 Å². The zero-order valence-corrected chi connectivity index (χ0v) is 15.3. The van der Waals surface area contributed by atoms with E-state index >= 15 is 0 Å². The van der Waals surface area contributed by atoms with Crippen LogP contribution in [0.3, 0.4) is 0 Å². The van der Waals surface area contributed by atoms with E-state index in [2.05, 4.69) is 4.98 Å². The molecule has 0 radical (unpaired) electrons. The zero-order valence-electron chi connectivity index (χ0n) is 14.4. The first kappa shape index (κ1) is 17.5. The zero-order chi connectivity index (χ0) is 18.0. The van der Waals surface area contributed by atoms with Gasteiger partial charge < -0.3 is 9.64 Å². The van der Waals surface area contributed by atoms with Gasteiger partial charge in [0.25, 0.3) is 0 Å². The molecule has 0 unspecified atom stereocenters. The molecule has 2 aliphatic rings. The van der Waals surface area contributed by atoms with Gasteiger partial charge in [0.1, 0.15) is 5.82 Å². The fourth-order valence-corrected chi connectivity index (χ4v) is 5.14. The third-order valence-electron chi connectivity index (χ3n) is 4.94. The summed E-state index contributed by atoms with van der Waals surface area (Å²) >= 11 is 1.91. The molecule has 2 aliphatic heterocycles. The number of hydrogen-bond acceptors (Lipinski definition) is 4. The number of carbonyl (C=O) groups excluding carboxylic acids is 1. The minimum Gasteiger partial charge on any atom is -0.373 e. The maximum Gasteiger partial charge on any atom is 0.227 e. The summed E-state index contributed by atoms with van der Waals surface area (Å²) in [6, 6.07) is 10.2. The molecule has 2 saturated heterocycles. The second-order valence-corrected chi connectivity index (χ2v) is 8.54. The quantitative estimate of drug-likeness (QED) is 0.809. The summed E-state index contributed by atoms with van der Waals surface area (Å²) in [5.41, 5.74) is 1.81. The number of ether oxygens (including phenoxy) is 1. The molecule has 1 atom stereocenters. The molecule has 26 heavy (non-hydrogen) atoms. The molecule has 3 heterocycles. The number of pyridine rings is 1. The van der Waals surface area contributed by atoms with Crippen molar-refractivity contribution in [3.05, 3.63) is 65.7 Å². The molecule has 136 valence electrons. The molecule has 4 nitrogen and oxygen atoms in total. The third kappa shape index (κ3) is 3.91. The molecule has 0 saturated carbocycles. The molecule has 1 aromatic heterocycles. The molecule has 1 spiro atoms. The van der Waals surface area contributed by atoms with E-state index in [-0.39, 0.29) is 29.0 Å². The van der Waals surface area contributed by atoms with Crippen molar-refractivity contribution in [2.24, 2.45) is 0 Å². The Labute approximate surface area is 156 Å². The topological polar surface area (TPSA) is 42.4 Å². The summed E-state index contributed by atoms with van der Waals surface area (Å²) < 4.78 is 19.4. The van der Waals surface area contributed by atoms with E-state index < -0.39 is 0 Å². The van der Waals surface area contributed by atoms with Crippen molar-refractivity contribution in [3.8, 4) is 0 Å². The Kier molecular flexibility index (Phi) is 4.96. The van der Waals surface area contributed by atoms with Crippen LogP contribution < -0.4 is 0 Å². The van der Waals surface area contributed by atoms with E-state index in [9.17, 15) is 9.18 Å². The van der Waals surface area contributed by atoms with E-state index in [1.165, 1.54) is 12.1 Å². The Morgan fingerprint density at radius 3 is 2.92 bits per heavy atom. The van der Waals surface area contributed by atoms with Crippen molar-refractivity contribution in [2.45, 2.75) is 30.3 Å². The summed E-state index contributed by atoms with van der Waals surface area (Å²) in [6.07, 6.45) is 5.05. The first-order chi connectivity index (χ1) is 12.6. The lowest BCUT2D eigenvalue weighted by molar-refractivity contribution is -0.136. The van der Waals surface area contributed by atoms with Gasteiger partial charge in [0.05, 0.1) is 23.9 Å². The first-order valence-electron chi connectivity index (χ1n) is 8.79. The van der Waals surface area contributed by atoms with Crippen LogP contribution >= 0.6 is 11.8 Å². The van der Waals surface area contributed by atoms with Crippen LogP contribution in [0, 0.1) is 5.82 Å². The van der Waals surface area contributed by atoms with Crippen LogP contribution in [0.4, 0.5) is 4.39 Å². The van der Waals surface area contributed by atoms with Crippen LogP contribution in [-0.2, 0) is 22.6 Å². The minimum atomic E-state index is -0.296. The summed E-state index contributed by atoms with van der Waals surface area (Å²) in [4.78, 5) is 18.4. The SMILES string of the molecule is O=C(Cc1cccc(F)c1)N1CC2(C[C@H](OCc3cccnc3)CS2)C1. The van der Waals surface area contributed by atoms with Gasteiger partial charge in [-0.2, -0.15) is 0 Å². The largest absolute Gasteiger partial charge is 0.373 e. The second-order valence-electron chi connectivity index (χ2n) is 7.05. The number of rotatable bonds is 5. The Balaban J connectivity index is 1.24. The smallest absolute Gasteiger partial charge is 0.227 e. The van der Waals surface area contributed by atoms with Gasteiger partial charge in [-0.05, 0) is 35.7 Å². The normalized spacial score (nSPS) is 21.0. The van der Waals surface area contributed by atoms with Crippen molar-refractivity contribution in [1.29, 1.82) is 0 Å². The summed E-state index contributed by atoms with van der Waals surface area (Å²) in [6.45, 7) is 2.11. The minimum absolute atomic E-state index is 0.0709. The average Bonchev–Trinajstić information content (AvgIpc) is 3.04. The van der Waals surface area contributed by atoms with Gasteiger partial charge in [-0.25, -0.2) is 4.39 Å². The maximum atomic E-state index is 13.2. The summed E-state index contributed by atoms with van der Waals surface area (Å²) in [7, 11) is 0. The van der Waals surface area contributed by atoms with Crippen molar-refractivity contribution < 1.29 is 13.9 Å². The molecular formula is C20H21FN2O2S. The van der Waals surface area contributed by atoms with E-state index in [4.69, 9.17) is 4.74 Å². The van der Waals surface area contributed by atoms with Gasteiger partial charge in [0.2, 0.25) is 5.91 Å². The van der Waals surface area contributed by atoms with Crippen LogP contribution in [0.1, 0.15) is 17.5 Å². The molecular weight excluding hydrogens is 351 g/mol. The monoisotopic (exact) mass is 372 g/mol. The van der Waals surface area contributed by atoms with E-state index in [0.717, 1.165) is 36.4 Å². The van der Waals surface area contributed by atoms with Crippen molar-refractivity contribution >= 4 is 17.7 Å². The number of likely N-dealkylation sites (tertiary alicyclic amines) is 1. The highest BCUT2D eigenvalue weighted by Gasteiger charge is 2.50. The number of benzene rings is 1. The summed E-state index contributed by atoms with van der Waals surface area (Å²) in [5.74, 6) is 0.739. The fourth-order valence-electron chi connectivity index (χ4n) is 3.59. The Morgan fingerprint density at radius 1 is 1.31 bits per heavy atom. The van der Waals surface area contributed by atoms with Crippen molar-refractivity contribution in [3.63, 3.8) is 0 Å². The van der Waals surface area contributed by atoms with Gasteiger partial charge in [0, 0.05) is 31.2 Å². The highest BCUT2D eigenvalue weighted by atomic mass is 32.2. The van der Waals surface area contributed by atoms with Gasteiger partial charge in [-0.3, -0.25) is 9.78 Å². The number of thioether (sulfide) groups is 1. The standard InChI is InChI=1S/C20H21FN2O2S/c21-17-5-1-3-15(7-17)8-19(24)23-13-20(14-23)9-18(12-26-20)25-11-16-4-2-6-22-10-16/h1-7,10,18H,8-9,11-14H2/t18-/m0/s1. The van der Waals surface area contributed by atoms with Gasteiger partial charge in [-0.1, -0.05) is 18.2 Å².